The Hall–Kier alpha value is -9.31. The van der Waals surface area contributed by atoms with E-state index in [2.05, 4.69) is 71.0 Å². The number of aromatic hydroxyl groups is 2. The van der Waals surface area contributed by atoms with Crippen molar-refractivity contribution < 1.29 is 107 Å². The van der Waals surface area contributed by atoms with E-state index in [9.17, 15) is 97.1 Å². The molecule has 43 heteroatoms. The lowest BCUT2D eigenvalue weighted by Gasteiger charge is -2.15. The van der Waals surface area contributed by atoms with Gasteiger partial charge in [0.25, 0.3) is 60.4 Å². The van der Waals surface area contributed by atoms with E-state index < -0.39 is 165 Å². The Morgan fingerprint density at radius 2 is 1.11 bits per heavy atom. The highest BCUT2D eigenvalue weighted by Crippen LogP contribution is 2.46. The number of ether oxygens (including phenoxy) is 2. The van der Waals surface area contributed by atoms with Gasteiger partial charge < -0.3 is 35.6 Å². The second-order valence-corrected chi connectivity index (χ2v) is 26.6. The normalized spacial score (nSPS) is 14.1. The Morgan fingerprint density at radius 1 is 0.598 bits per heavy atom. The monoisotopic (exact) mass is 1330 g/mol. The highest BCUT2D eigenvalue weighted by Gasteiger charge is 2.40. The first-order valence-electron chi connectivity index (χ1n) is 23.1. The van der Waals surface area contributed by atoms with Gasteiger partial charge in [0.1, 0.15) is 63.7 Å². The number of phenolic OH excluding ortho intramolecular Hbond substituents is 2. The topological polar surface area (TPSA) is 545 Å². The van der Waals surface area contributed by atoms with Crippen molar-refractivity contribution in [2.24, 2.45) is 20.5 Å². The molecule has 0 spiro atoms. The number of azo groups is 2. The largest absolute Gasteiger partial charge is 0.505 e. The number of rotatable bonds is 19. The number of carbonyl (C=O) groups is 1. The highest BCUT2D eigenvalue weighted by atomic mass is 32.2. The number of phenols is 2. The summed E-state index contributed by atoms with van der Waals surface area (Å²) in [7, 11) is -30.3. The molecule has 1 unspecified atom stereocenters. The number of anilines is 4. The SMILES string of the molecule is COc1cc(S(=O)(=O)O)c(/N=N/c2c(S(=O)(=O)O)cc3cc(Nc4nc(F)nc(NC(C)CNc5nc(F)nc(Cc6ccc7c(O)c(/N=N/c8cc9c(cc8S(=O)(=O)O)OC(=O)S9(=O)=O)c(S(=O)(=O)O)cc7c6)n5)n4)ccc3c2O)cc1S(=O)(=O)O. The van der Waals surface area contributed by atoms with Crippen molar-refractivity contribution in [3.8, 4) is 23.0 Å². The molecule has 3 heterocycles. The molecule has 1 aliphatic rings. The minimum Gasteiger partial charge on any atom is -0.505 e. The average molecular weight is 1330 g/mol. The summed E-state index contributed by atoms with van der Waals surface area (Å²) in [6.45, 7) is 1.38. The molecular weight excluding hydrogens is 1290 g/mol. The molecule has 0 radical (unpaired) electrons. The van der Waals surface area contributed by atoms with Crippen LogP contribution in [0.25, 0.3) is 21.5 Å². The molecule has 9 rings (SSSR count). The summed E-state index contributed by atoms with van der Waals surface area (Å²) < 4.78 is 236. The molecule has 0 amide bonds. The van der Waals surface area contributed by atoms with Crippen molar-refractivity contribution >= 4 is 134 Å². The maximum absolute atomic E-state index is 14.9. The standard InChI is InChI=1S/C44H33F2N13O22S6/c1-17(48-42-53-40(46)54-43(55-42)49-21-4-6-23-20(9-21)11-33(87(77,78)79)36(38(23)61)59-57-25-13-31(85(71,72)73)26(80-2)14-28(25)83(65,66)67)16-47-41-51-34(50-39(45)52-41)8-18-3-5-22-19(7-18)10-32(86(74,75)76)35(37(22)60)58-56-24-12-30-27(15-29(24)84(68,69)70)81-44(62)82(30,63)64/h3-7,9-15,17,60-61H,8,16H2,1-2H3,(H,65,66,67)(H,68,69,70)(H,71,72,73)(H,74,75,76)(H,77,78,79)(H,47,50,51,52)(H2,48,49,53,54,55)/b58-56+,59-57+. The van der Waals surface area contributed by atoms with Gasteiger partial charge in [0.05, 0.1) is 7.11 Å². The summed E-state index contributed by atoms with van der Waals surface area (Å²) in [6.07, 6.45) is -2.90. The van der Waals surface area contributed by atoms with Crippen molar-refractivity contribution in [1.82, 2.24) is 29.9 Å². The van der Waals surface area contributed by atoms with E-state index >= 15 is 0 Å². The lowest BCUT2D eigenvalue weighted by Crippen LogP contribution is -2.27. The van der Waals surface area contributed by atoms with E-state index in [0.29, 0.717) is 24.3 Å². The molecule has 0 aliphatic carbocycles. The second-order valence-electron chi connectivity index (χ2n) is 17.8. The number of nitrogens with zero attached hydrogens (tertiary/aromatic N) is 10. The molecular formula is C44H33F2N13O22S6. The third kappa shape index (κ3) is 13.2. The van der Waals surface area contributed by atoms with Crippen LogP contribution in [0.4, 0.5) is 59.9 Å². The summed E-state index contributed by atoms with van der Waals surface area (Å²) in [5, 5.41) is 42.3. The van der Waals surface area contributed by atoms with Crippen molar-refractivity contribution in [2.45, 2.75) is 48.8 Å². The fourth-order valence-electron chi connectivity index (χ4n) is 8.10. The van der Waals surface area contributed by atoms with E-state index in [4.69, 9.17) is 4.74 Å². The maximum Gasteiger partial charge on any atom is 0.435 e. The molecule has 1 aliphatic heterocycles. The number of sulfone groups is 1. The number of nitrogens with one attached hydrogen (secondary N) is 3. The molecule has 35 nitrogen and oxygen atoms in total. The van der Waals surface area contributed by atoms with Crippen molar-refractivity contribution in [2.75, 3.05) is 29.6 Å². The number of methoxy groups -OCH3 is 1. The molecule has 0 saturated heterocycles. The molecule has 456 valence electrons. The van der Waals surface area contributed by atoms with Gasteiger partial charge in [-0.25, -0.2) is 13.2 Å². The van der Waals surface area contributed by atoms with Crippen LogP contribution in [0.1, 0.15) is 18.3 Å². The minimum atomic E-state index is -5.35. The Kier molecular flexibility index (Phi) is 16.1. The number of fused-ring (bicyclic) bond motifs is 3. The van der Waals surface area contributed by atoms with Gasteiger partial charge in [0.15, 0.2) is 17.2 Å². The Balaban J connectivity index is 0.904. The fourth-order valence-corrected chi connectivity index (χ4v) is 12.3. The summed E-state index contributed by atoms with van der Waals surface area (Å²) >= 11 is 0. The lowest BCUT2D eigenvalue weighted by atomic mass is 10.0. The third-order valence-corrected chi connectivity index (χ3v) is 17.7. The van der Waals surface area contributed by atoms with Gasteiger partial charge in [-0.3, -0.25) is 22.8 Å². The summed E-state index contributed by atoms with van der Waals surface area (Å²) in [5.41, 5.74) is -3.76. The average Bonchev–Trinajstić information content (AvgIpc) is 1.83. The molecule has 6 aromatic carbocycles. The van der Waals surface area contributed by atoms with Crippen LogP contribution in [0, 0.1) is 12.2 Å². The molecule has 10 N–H and O–H groups in total. The molecule has 8 aromatic rings. The number of aromatic nitrogens is 6. The van der Waals surface area contributed by atoms with Crippen LogP contribution in [0.3, 0.4) is 0 Å². The zero-order chi connectivity index (χ0) is 63.7. The summed E-state index contributed by atoms with van der Waals surface area (Å²) in [5.74, 6) is -4.92. The number of benzene rings is 6. The molecule has 87 heavy (non-hydrogen) atoms. The Labute approximate surface area is 485 Å². The van der Waals surface area contributed by atoms with Gasteiger partial charge in [0, 0.05) is 47.6 Å². The van der Waals surface area contributed by atoms with Gasteiger partial charge in [-0.05, 0) is 65.7 Å². The van der Waals surface area contributed by atoms with Crippen molar-refractivity contribution in [3.05, 3.63) is 96.3 Å². The van der Waals surface area contributed by atoms with Crippen LogP contribution in [0.5, 0.6) is 23.0 Å². The van der Waals surface area contributed by atoms with Crippen molar-refractivity contribution in [3.63, 3.8) is 0 Å². The third-order valence-electron chi connectivity index (χ3n) is 11.9. The van der Waals surface area contributed by atoms with E-state index in [1.165, 1.54) is 31.2 Å². The fraction of sp³-hybridized carbons (Fsp3) is 0.114. The Morgan fingerprint density at radius 3 is 1.69 bits per heavy atom. The zero-order valence-electron chi connectivity index (χ0n) is 42.9. The zero-order valence-corrected chi connectivity index (χ0v) is 47.8. The van der Waals surface area contributed by atoms with Gasteiger partial charge in [-0.1, -0.05) is 18.2 Å². The quantitative estimate of drug-likeness (QED) is 0.0265. The van der Waals surface area contributed by atoms with Crippen LogP contribution in [-0.2, 0) is 66.8 Å². The van der Waals surface area contributed by atoms with Gasteiger partial charge in [0.2, 0.25) is 17.8 Å². The summed E-state index contributed by atoms with van der Waals surface area (Å²) in [6, 6.07) is 9.99. The van der Waals surface area contributed by atoms with Crippen LogP contribution in [-0.4, -0.2) is 138 Å². The smallest absolute Gasteiger partial charge is 0.435 e. The van der Waals surface area contributed by atoms with Crippen molar-refractivity contribution in [1.29, 1.82) is 0 Å². The van der Waals surface area contributed by atoms with E-state index in [0.717, 1.165) is 31.4 Å². The molecule has 1 atom stereocenters. The highest BCUT2D eigenvalue weighted by molar-refractivity contribution is 8.06. The van der Waals surface area contributed by atoms with Gasteiger partial charge >= 0.3 is 17.5 Å². The van der Waals surface area contributed by atoms with Crippen LogP contribution < -0.4 is 25.4 Å². The summed E-state index contributed by atoms with van der Waals surface area (Å²) in [4.78, 5) is 28.1. The molecule has 0 bridgehead atoms. The maximum atomic E-state index is 14.9. The second kappa shape index (κ2) is 22.5. The van der Waals surface area contributed by atoms with Gasteiger partial charge in [-0.2, -0.15) is 80.8 Å². The lowest BCUT2D eigenvalue weighted by molar-refractivity contribution is 0.226. The predicted octanol–water partition coefficient (Wildman–Crippen LogP) is 5.66. The molecule has 0 saturated carbocycles. The van der Waals surface area contributed by atoms with E-state index in [1.807, 2.05) is 0 Å². The Bertz CT molecular complexity index is 5090. The first kappa shape index (κ1) is 62.2. The van der Waals surface area contributed by atoms with Crippen LogP contribution in [0.2, 0.25) is 0 Å². The number of hydrogen-bond donors (Lipinski definition) is 10. The predicted molar refractivity (Wildman–Crippen MR) is 289 cm³/mol. The number of hydrogen-bond acceptors (Lipinski definition) is 30. The van der Waals surface area contributed by atoms with Gasteiger partial charge in [-0.15, -0.1) is 20.5 Å². The number of halogens is 2. The van der Waals surface area contributed by atoms with E-state index in [1.54, 1.807) is 0 Å². The first-order valence-corrected chi connectivity index (χ1v) is 31.8. The minimum absolute atomic E-state index is 0.00306. The number of carbonyl (C=O) groups excluding carboxylic acids is 1. The van der Waals surface area contributed by atoms with Crippen LogP contribution in [0.15, 0.2) is 123 Å². The van der Waals surface area contributed by atoms with E-state index in [-0.39, 0.29) is 63.5 Å². The molecule has 0 fully saturated rings. The van der Waals surface area contributed by atoms with Crippen LogP contribution >= 0.6 is 0 Å². The first-order chi connectivity index (χ1) is 40.4. The molecule has 2 aromatic heterocycles.